The van der Waals surface area contributed by atoms with Gasteiger partial charge >= 0.3 is 0 Å². The van der Waals surface area contributed by atoms with Crippen LogP contribution < -0.4 is 10.1 Å². The second-order valence-electron chi connectivity index (χ2n) is 5.55. The van der Waals surface area contributed by atoms with Crippen LogP contribution in [0, 0.1) is 5.92 Å². The Morgan fingerprint density at radius 2 is 2.10 bits per heavy atom. The summed E-state index contributed by atoms with van der Waals surface area (Å²) < 4.78 is 11.2. The Kier molecular flexibility index (Phi) is 3.92. The first kappa shape index (κ1) is 14.1. The molecule has 21 heavy (non-hydrogen) atoms. The van der Waals surface area contributed by atoms with Gasteiger partial charge in [0.25, 0.3) is 5.91 Å². The zero-order valence-electron chi connectivity index (χ0n) is 12.1. The van der Waals surface area contributed by atoms with Gasteiger partial charge in [-0.3, -0.25) is 9.59 Å². The van der Waals surface area contributed by atoms with Crippen LogP contribution in [-0.2, 0) is 4.74 Å². The number of ether oxygens (including phenoxy) is 2. The lowest BCUT2D eigenvalue weighted by Crippen LogP contribution is -2.23. The van der Waals surface area contributed by atoms with E-state index in [1.165, 1.54) is 0 Å². The Labute approximate surface area is 123 Å². The highest BCUT2D eigenvalue weighted by atomic mass is 16.5. The van der Waals surface area contributed by atoms with Crippen LogP contribution in [0.25, 0.3) is 0 Å². The number of hydrogen-bond donors (Lipinski definition) is 1. The monoisotopic (exact) mass is 289 g/mol. The molecular weight excluding hydrogens is 270 g/mol. The summed E-state index contributed by atoms with van der Waals surface area (Å²) in [6.07, 6.45) is 2.77. The SMILES string of the molecule is CNC(=O)c1cc(C=O)cc2c1OCC2C1CCOCC1. The molecule has 2 aliphatic heterocycles. The van der Waals surface area contributed by atoms with Gasteiger partial charge in [0.2, 0.25) is 0 Å². The van der Waals surface area contributed by atoms with E-state index in [-0.39, 0.29) is 11.8 Å². The third-order valence-corrected chi connectivity index (χ3v) is 4.39. The Morgan fingerprint density at radius 1 is 1.33 bits per heavy atom. The summed E-state index contributed by atoms with van der Waals surface area (Å²) in [5.74, 6) is 1.14. The Balaban J connectivity index is 2.00. The molecule has 1 amide bonds. The van der Waals surface area contributed by atoms with Crippen LogP contribution in [0.15, 0.2) is 12.1 Å². The molecular formula is C16H19NO4. The summed E-state index contributed by atoms with van der Waals surface area (Å²) in [7, 11) is 1.58. The fraction of sp³-hybridized carbons (Fsp3) is 0.500. The molecule has 2 heterocycles. The van der Waals surface area contributed by atoms with Crippen molar-refractivity contribution < 1.29 is 19.1 Å². The standard InChI is InChI=1S/C16H19NO4/c1-17-16(19)13-7-10(8-18)6-12-14(9-21-15(12)13)11-2-4-20-5-3-11/h6-8,11,14H,2-5,9H2,1H3,(H,17,19). The molecule has 1 fully saturated rings. The molecule has 1 N–H and O–H groups in total. The average Bonchev–Trinajstić information content (AvgIpc) is 2.97. The van der Waals surface area contributed by atoms with E-state index in [9.17, 15) is 9.59 Å². The van der Waals surface area contributed by atoms with Crippen LogP contribution in [0.4, 0.5) is 0 Å². The predicted octanol–water partition coefficient (Wildman–Crippen LogP) is 1.76. The minimum atomic E-state index is -0.220. The van der Waals surface area contributed by atoms with Crippen LogP contribution in [0.1, 0.15) is 45.0 Å². The first-order valence-corrected chi connectivity index (χ1v) is 7.30. The van der Waals surface area contributed by atoms with E-state index in [0.29, 0.717) is 29.4 Å². The van der Waals surface area contributed by atoms with Crippen molar-refractivity contribution in [2.24, 2.45) is 5.92 Å². The van der Waals surface area contributed by atoms with Gasteiger partial charge in [-0.25, -0.2) is 0 Å². The first-order valence-electron chi connectivity index (χ1n) is 7.30. The predicted molar refractivity (Wildman–Crippen MR) is 77.0 cm³/mol. The van der Waals surface area contributed by atoms with Crippen molar-refractivity contribution in [2.45, 2.75) is 18.8 Å². The summed E-state index contributed by atoms with van der Waals surface area (Å²) in [5, 5.41) is 2.60. The van der Waals surface area contributed by atoms with Gasteiger partial charge in [0, 0.05) is 37.3 Å². The number of carbonyl (C=O) groups is 2. The van der Waals surface area contributed by atoms with E-state index < -0.39 is 0 Å². The van der Waals surface area contributed by atoms with Crippen molar-refractivity contribution >= 4 is 12.2 Å². The van der Waals surface area contributed by atoms with E-state index in [1.54, 1.807) is 13.1 Å². The lowest BCUT2D eigenvalue weighted by Gasteiger charge is -2.26. The summed E-state index contributed by atoms with van der Waals surface area (Å²) in [4.78, 5) is 23.2. The molecule has 3 rings (SSSR count). The Bertz CT molecular complexity index is 564. The van der Waals surface area contributed by atoms with Crippen molar-refractivity contribution in [3.05, 3.63) is 28.8 Å². The minimum absolute atomic E-state index is 0.220. The van der Waals surface area contributed by atoms with Gasteiger partial charge in [-0.2, -0.15) is 0 Å². The third-order valence-electron chi connectivity index (χ3n) is 4.39. The van der Waals surface area contributed by atoms with Gasteiger partial charge in [0.1, 0.15) is 12.0 Å². The summed E-state index contributed by atoms with van der Waals surface area (Å²) >= 11 is 0. The van der Waals surface area contributed by atoms with E-state index in [2.05, 4.69) is 5.32 Å². The zero-order chi connectivity index (χ0) is 14.8. The summed E-state index contributed by atoms with van der Waals surface area (Å²) in [6, 6.07) is 3.46. The van der Waals surface area contributed by atoms with Crippen LogP contribution in [-0.4, -0.2) is 39.1 Å². The molecule has 5 nitrogen and oxygen atoms in total. The molecule has 0 saturated carbocycles. The maximum atomic E-state index is 12.0. The minimum Gasteiger partial charge on any atom is -0.492 e. The molecule has 0 spiro atoms. The summed E-state index contributed by atoms with van der Waals surface area (Å²) in [5.41, 5.74) is 1.96. The van der Waals surface area contributed by atoms with Gasteiger partial charge in [-0.05, 0) is 30.9 Å². The first-order chi connectivity index (χ1) is 10.2. The molecule has 2 aliphatic rings. The Hall–Kier alpha value is -1.88. The number of amides is 1. The molecule has 1 unspecified atom stereocenters. The van der Waals surface area contributed by atoms with E-state index in [0.717, 1.165) is 37.9 Å². The van der Waals surface area contributed by atoms with Crippen LogP contribution in [0.5, 0.6) is 5.75 Å². The fourth-order valence-electron chi connectivity index (χ4n) is 3.25. The highest BCUT2D eigenvalue weighted by Gasteiger charge is 2.35. The van der Waals surface area contributed by atoms with E-state index in [4.69, 9.17) is 9.47 Å². The van der Waals surface area contributed by atoms with Crippen LogP contribution >= 0.6 is 0 Å². The molecule has 1 saturated heterocycles. The third kappa shape index (κ3) is 2.53. The van der Waals surface area contributed by atoms with Gasteiger partial charge in [0.15, 0.2) is 0 Å². The van der Waals surface area contributed by atoms with Crippen LogP contribution in [0.3, 0.4) is 0 Å². The van der Waals surface area contributed by atoms with E-state index >= 15 is 0 Å². The number of fused-ring (bicyclic) bond motifs is 1. The van der Waals surface area contributed by atoms with Gasteiger partial charge in [-0.1, -0.05) is 0 Å². The maximum absolute atomic E-state index is 12.0. The van der Waals surface area contributed by atoms with Crippen molar-refractivity contribution in [3.63, 3.8) is 0 Å². The highest BCUT2D eigenvalue weighted by Crippen LogP contribution is 2.44. The fourth-order valence-corrected chi connectivity index (χ4v) is 3.25. The average molecular weight is 289 g/mol. The Morgan fingerprint density at radius 3 is 2.76 bits per heavy atom. The van der Waals surface area contributed by atoms with Crippen molar-refractivity contribution in [1.82, 2.24) is 5.32 Å². The molecule has 112 valence electrons. The number of aldehydes is 1. The molecule has 0 radical (unpaired) electrons. The van der Waals surface area contributed by atoms with Gasteiger partial charge in [0.05, 0.1) is 12.2 Å². The van der Waals surface area contributed by atoms with Gasteiger partial charge in [-0.15, -0.1) is 0 Å². The summed E-state index contributed by atoms with van der Waals surface area (Å²) in [6.45, 7) is 2.12. The largest absolute Gasteiger partial charge is 0.492 e. The van der Waals surface area contributed by atoms with E-state index in [1.807, 2.05) is 6.07 Å². The van der Waals surface area contributed by atoms with Crippen molar-refractivity contribution in [1.29, 1.82) is 0 Å². The van der Waals surface area contributed by atoms with Crippen molar-refractivity contribution in [3.8, 4) is 5.75 Å². The normalized spacial score (nSPS) is 21.5. The topological polar surface area (TPSA) is 64.6 Å². The van der Waals surface area contributed by atoms with Crippen LogP contribution in [0.2, 0.25) is 0 Å². The van der Waals surface area contributed by atoms with Gasteiger partial charge < -0.3 is 14.8 Å². The lowest BCUT2D eigenvalue weighted by atomic mass is 9.81. The number of carbonyl (C=O) groups excluding carboxylic acids is 2. The number of hydrogen-bond acceptors (Lipinski definition) is 4. The zero-order valence-corrected chi connectivity index (χ0v) is 12.1. The highest BCUT2D eigenvalue weighted by molar-refractivity contribution is 5.99. The molecule has 1 aromatic rings. The molecule has 1 atom stereocenters. The maximum Gasteiger partial charge on any atom is 0.254 e. The van der Waals surface area contributed by atoms with Crippen molar-refractivity contribution in [2.75, 3.05) is 26.9 Å². The molecule has 5 heteroatoms. The number of nitrogens with one attached hydrogen (secondary N) is 1. The quantitative estimate of drug-likeness (QED) is 0.861. The lowest BCUT2D eigenvalue weighted by molar-refractivity contribution is 0.0551. The number of benzene rings is 1. The second kappa shape index (κ2) is 5.85. The molecule has 0 aromatic heterocycles. The molecule has 0 aliphatic carbocycles. The molecule has 0 bridgehead atoms. The second-order valence-corrected chi connectivity index (χ2v) is 5.55. The number of rotatable bonds is 3. The smallest absolute Gasteiger partial charge is 0.254 e. The molecule has 1 aromatic carbocycles.